The number of pyridine rings is 2. The van der Waals surface area contributed by atoms with Crippen molar-refractivity contribution in [2.45, 2.75) is 218 Å². The summed E-state index contributed by atoms with van der Waals surface area (Å²) in [6, 6.07) is 3.36. The Morgan fingerprint density at radius 3 is 1.44 bits per heavy atom. The highest BCUT2D eigenvalue weighted by molar-refractivity contribution is 7.93. The predicted octanol–water partition coefficient (Wildman–Crippen LogP) is 5.75. The average molecular weight is 1270 g/mol. The van der Waals surface area contributed by atoms with Crippen LogP contribution in [-0.4, -0.2) is 171 Å². The first-order valence-electron chi connectivity index (χ1n) is 30.5. The minimum absolute atomic E-state index is 0.0296. The van der Waals surface area contributed by atoms with Gasteiger partial charge in [0.1, 0.15) is 57.7 Å². The number of esters is 2. The van der Waals surface area contributed by atoms with E-state index in [1.54, 1.807) is 53.7 Å². The number of nitrogens with zero attached hydrogens (tertiary/aromatic N) is 4. The van der Waals surface area contributed by atoms with Crippen molar-refractivity contribution >= 4 is 77.8 Å². The molecule has 88 heavy (non-hydrogen) atoms. The Morgan fingerprint density at radius 2 is 1.06 bits per heavy atom. The third kappa shape index (κ3) is 16.6. The second-order valence-electron chi connectivity index (χ2n) is 29.3. The second-order valence-corrected chi connectivity index (χ2v) is 33.8. The van der Waals surface area contributed by atoms with Crippen LogP contribution in [-0.2, 0) is 67.5 Å². The van der Waals surface area contributed by atoms with Crippen LogP contribution in [0.3, 0.4) is 0 Å². The Bertz CT molecular complexity index is 3340. The van der Waals surface area contributed by atoms with Crippen molar-refractivity contribution in [1.82, 2.24) is 30.4 Å². The number of aliphatic hydroxyl groups is 1. The molecule has 4 saturated carbocycles. The summed E-state index contributed by atoms with van der Waals surface area (Å²) < 4.78 is 68.0. The second kappa shape index (κ2) is 25.3. The number of Topliss-reactive ketones (excluding diaryl/α,β-unsaturated/α-hetero) is 2. The summed E-state index contributed by atoms with van der Waals surface area (Å²) >= 11 is 0. The molecule has 0 radical (unpaired) electrons. The lowest BCUT2D eigenvalue weighted by atomic mass is 9.77. The van der Waals surface area contributed by atoms with E-state index in [2.05, 4.69) is 33.8 Å². The fourth-order valence-corrected chi connectivity index (χ4v) is 15.2. The SMILES string of the molecule is C=CC1CC1(NC(=O)[C@@H]1C[C@@H](O)CN1C(=O)[C@@H](CC(=O)OC(C)(C)C)C(C)(C)C)C(=O)CS(=O)(=O)C1CC1.C=CC1CC1(NC(=O)[C@@H]1C[C@@H](Oc2cc(C)nc3nc(C)ccc23)CN1C(=O)[C@@H](CC(=O)OC(C)(C)C)C(C)(C)C)C(=O)CS(=O)(=O)C1CC1. The van der Waals surface area contributed by atoms with Gasteiger partial charge < -0.3 is 39.8 Å². The molecule has 4 heterocycles. The molecule has 3 N–H and O–H groups in total. The van der Waals surface area contributed by atoms with Gasteiger partial charge in [0.25, 0.3) is 0 Å². The van der Waals surface area contributed by atoms with Crippen LogP contribution >= 0.6 is 0 Å². The number of carbonyl (C=O) groups is 8. The number of hydrogen-bond acceptors (Lipinski definition) is 18. The molecular weight excluding hydrogens is 1170 g/mol. The number of aromatic nitrogens is 2. The topological polar surface area (TPSA) is 309 Å². The molecule has 24 heteroatoms. The molecule has 2 saturated heterocycles. The molecule has 6 fully saturated rings. The number of β-amino-alcohol motifs (C(OH)–C–C–N with tert-alkyl or cyclic N) is 1. The number of hydrogen-bond donors (Lipinski definition) is 3. The Kier molecular flexibility index (Phi) is 19.9. The summed E-state index contributed by atoms with van der Waals surface area (Å²) in [6.07, 6.45) is 3.71. The van der Waals surface area contributed by atoms with Gasteiger partial charge in [0, 0.05) is 48.7 Å². The Labute approximate surface area is 518 Å². The first-order valence-corrected chi connectivity index (χ1v) is 33.9. The first-order chi connectivity index (χ1) is 40.4. The summed E-state index contributed by atoms with van der Waals surface area (Å²) in [5, 5.41) is 15.7. The van der Waals surface area contributed by atoms with Crippen LogP contribution in [0, 0.1) is 48.3 Å². The van der Waals surface area contributed by atoms with Gasteiger partial charge in [0.2, 0.25) is 23.6 Å². The fraction of sp³-hybridized carbons (Fsp3) is 0.688. The minimum atomic E-state index is -3.63. The minimum Gasteiger partial charge on any atom is -0.488 e. The predicted molar refractivity (Wildman–Crippen MR) is 328 cm³/mol. The lowest BCUT2D eigenvalue weighted by Gasteiger charge is -2.35. The van der Waals surface area contributed by atoms with Gasteiger partial charge in [-0.25, -0.2) is 26.8 Å². The number of likely N-dealkylation sites (tertiary alicyclic amines) is 2. The van der Waals surface area contributed by atoms with Crippen molar-refractivity contribution in [1.29, 1.82) is 0 Å². The largest absolute Gasteiger partial charge is 0.488 e. The van der Waals surface area contributed by atoms with Crippen molar-refractivity contribution in [3.8, 4) is 5.75 Å². The number of aryl methyl sites for hydroxylation is 2. The number of amides is 4. The molecule has 4 amide bonds. The number of fused-ring (bicyclic) bond motifs is 1. The van der Waals surface area contributed by atoms with Crippen molar-refractivity contribution in [2.24, 2.45) is 34.5 Å². The van der Waals surface area contributed by atoms with Crippen LogP contribution in [0.15, 0.2) is 43.5 Å². The van der Waals surface area contributed by atoms with Gasteiger partial charge in [-0.2, -0.15) is 0 Å². The van der Waals surface area contributed by atoms with Crippen molar-refractivity contribution < 1.29 is 74.5 Å². The molecule has 6 aliphatic rings. The maximum atomic E-state index is 14.5. The summed E-state index contributed by atoms with van der Waals surface area (Å²) in [5.74, 6) is -7.69. The zero-order valence-corrected chi connectivity index (χ0v) is 55.3. The molecular formula is C64H92N6O16S2. The first kappa shape index (κ1) is 69.3. The van der Waals surface area contributed by atoms with E-state index in [0.717, 1.165) is 5.69 Å². The van der Waals surface area contributed by atoms with Gasteiger partial charge in [0.15, 0.2) is 36.9 Å². The summed E-state index contributed by atoms with van der Waals surface area (Å²) in [6.45, 7) is 32.6. The Morgan fingerprint density at radius 1 is 0.648 bits per heavy atom. The Balaban J connectivity index is 0.000000261. The standard InChI is InChI=1S/C37H50N4O8S.C27H42N2O8S/c1-10-23-18-37(23,30(42)20-50(46,47)25-12-13-25)40-33(44)28-16-24(48-29-15-22(3)39-32-26(29)14-11-21(2)38-32)19-41(28)34(45)27(35(4,5)6)17-31(43)49-36(7,8)9;1-8-16-13-27(16,21(31)15-38(35,36)18-9-10-18)28-23(33)20-11-17(30)14-29(20)24(34)19(25(2,3)4)12-22(32)37-26(5,6)7/h10-11,14-15,23-25,27-28H,1,12-13,16-20H2,2-9H3,(H,40,44);8,16-20,30H,1,9-15H2,2-7H3,(H,28,33)/t23?,24-,27-,28+,37?;16?,17-,19-,20+,27?/m11/s1. The molecule has 0 bridgehead atoms. The van der Waals surface area contributed by atoms with Gasteiger partial charge >= 0.3 is 11.9 Å². The average Bonchev–Trinajstić information content (AvgIpc) is 1.60. The highest BCUT2D eigenvalue weighted by Crippen LogP contribution is 2.48. The number of ether oxygens (including phenoxy) is 3. The summed E-state index contributed by atoms with van der Waals surface area (Å²) in [4.78, 5) is 120. The molecule has 22 nitrogen and oxygen atoms in total. The monoisotopic (exact) mass is 1260 g/mol. The lowest BCUT2D eigenvalue weighted by molar-refractivity contribution is -0.161. The smallest absolute Gasteiger partial charge is 0.307 e. The van der Waals surface area contributed by atoms with E-state index < -0.39 is 170 Å². The van der Waals surface area contributed by atoms with Gasteiger partial charge in [-0.3, -0.25) is 38.4 Å². The normalized spacial score (nSPS) is 26.1. The fourth-order valence-electron chi connectivity index (χ4n) is 11.8. The zero-order valence-electron chi connectivity index (χ0n) is 53.7. The number of carbonyl (C=O) groups excluding carboxylic acids is 8. The van der Waals surface area contributed by atoms with Crippen LogP contribution < -0.4 is 15.4 Å². The van der Waals surface area contributed by atoms with E-state index in [1.165, 1.54) is 15.9 Å². The highest BCUT2D eigenvalue weighted by Gasteiger charge is 2.63. The van der Waals surface area contributed by atoms with E-state index in [1.807, 2.05) is 67.5 Å². The molecule has 2 aromatic heterocycles. The van der Waals surface area contributed by atoms with Gasteiger partial charge in [-0.05, 0) is 117 Å². The van der Waals surface area contributed by atoms with Gasteiger partial charge in [0.05, 0.1) is 53.2 Å². The van der Waals surface area contributed by atoms with Crippen LogP contribution in [0.2, 0.25) is 0 Å². The molecule has 486 valence electrons. The molecule has 2 aromatic rings. The van der Waals surface area contributed by atoms with Gasteiger partial charge in [-0.15, -0.1) is 13.2 Å². The molecule has 4 unspecified atom stereocenters. The van der Waals surface area contributed by atoms with E-state index in [-0.39, 0.29) is 51.6 Å². The van der Waals surface area contributed by atoms with E-state index in [0.29, 0.717) is 48.2 Å². The van der Waals surface area contributed by atoms with Gasteiger partial charge in [-0.1, -0.05) is 53.7 Å². The maximum absolute atomic E-state index is 14.5. The van der Waals surface area contributed by atoms with Crippen molar-refractivity contribution in [3.05, 3.63) is 54.9 Å². The molecule has 8 rings (SSSR count). The molecule has 0 spiro atoms. The maximum Gasteiger partial charge on any atom is 0.307 e. The van der Waals surface area contributed by atoms with Crippen LogP contribution in [0.4, 0.5) is 0 Å². The molecule has 2 aliphatic heterocycles. The van der Waals surface area contributed by atoms with Crippen LogP contribution in [0.1, 0.15) is 159 Å². The summed E-state index contributed by atoms with van der Waals surface area (Å²) in [5.41, 5.74) is -3.64. The highest BCUT2D eigenvalue weighted by atomic mass is 32.2. The molecule has 4 aliphatic carbocycles. The zero-order chi connectivity index (χ0) is 65.8. The van der Waals surface area contributed by atoms with Crippen LogP contribution in [0.25, 0.3) is 11.0 Å². The quantitative estimate of drug-likeness (QED) is 0.0934. The number of nitrogens with one attached hydrogen (secondary N) is 2. The third-order valence-corrected chi connectivity index (χ3v) is 21.5. The van der Waals surface area contributed by atoms with Crippen molar-refractivity contribution in [2.75, 3.05) is 24.6 Å². The number of rotatable bonds is 22. The van der Waals surface area contributed by atoms with E-state index >= 15 is 0 Å². The molecule has 0 aromatic carbocycles. The third-order valence-electron chi connectivity index (χ3n) is 17.2. The number of aliphatic hydroxyl groups excluding tert-OH is 1. The lowest BCUT2D eigenvalue weighted by Crippen LogP contribution is -2.55. The Hall–Kier alpha value is -6.14. The number of ketones is 2. The van der Waals surface area contributed by atoms with Crippen LogP contribution in [0.5, 0.6) is 5.75 Å². The number of sulfone groups is 2. The van der Waals surface area contributed by atoms with E-state index in [4.69, 9.17) is 14.2 Å². The summed E-state index contributed by atoms with van der Waals surface area (Å²) in [7, 11) is -7.22. The van der Waals surface area contributed by atoms with Crippen molar-refractivity contribution in [3.63, 3.8) is 0 Å². The molecule has 10 atom stereocenters. The van der Waals surface area contributed by atoms with E-state index in [9.17, 15) is 60.3 Å².